The van der Waals surface area contributed by atoms with E-state index in [-0.39, 0.29) is 37.6 Å². The first kappa shape index (κ1) is 33.3. The fraction of sp³-hybridized carbons (Fsp3) is 0.708. The summed E-state index contributed by atoms with van der Waals surface area (Å²) in [4.78, 5) is 26.4. The zero-order chi connectivity index (χ0) is 29.3. The van der Waals surface area contributed by atoms with Gasteiger partial charge in [-0.1, -0.05) is 13.8 Å². The first-order valence-electron chi connectivity index (χ1n) is 12.6. The number of rotatable bonds is 15. The standard InChI is InChI=1S/C24H39N4O9PS/c1-16(2)15-35-39(31,32)14-10-19-21(37-38(34-13-8-11-25)28(17(3)4)18(5)6)22(33-7)23(36-19)27-12-9-20(29)26-24(27)30/h9-10,12,14,16-19,21-23H,8,13,15H2,1-7H3,(H,26,29,30)/b14-10+/t19-,21?,22?,23-,38?/m1/s1. The first-order valence-corrected chi connectivity index (χ1v) is 15.2. The molecule has 1 aromatic heterocycles. The summed E-state index contributed by atoms with van der Waals surface area (Å²) in [5, 5.41) is 9.91. The molecular formula is C24H39N4O9PS. The van der Waals surface area contributed by atoms with Gasteiger partial charge in [0.25, 0.3) is 24.2 Å². The second kappa shape index (κ2) is 15.2. The van der Waals surface area contributed by atoms with E-state index in [1.54, 1.807) is 0 Å². The minimum atomic E-state index is -4.04. The van der Waals surface area contributed by atoms with Crippen LogP contribution in [0.2, 0.25) is 0 Å². The fourth-order valence-corrected chi connectivity index (χ4v) is 6.52. The van der Waals surface area contributed by atoms with Gasteiger partial charge in [0.1, 0.15) is 18.3 Å². The lowest BCUT2D eigenvalue weighted by Gasteiger charge is -2.38. The first-order chi connectivity index (χ1) is 18.3. The van der Waals surface area contributed by atoms with Gasteiger partial charge in [0.2, 0.25) is 0 Å². The summed E-state index contributed by atoms with van der Waals surface area (Å²) in [5.74, 6) is -0.00600. The Labute approximate surface area is 230 Å². The summed E-state index contributed by atoms with van der Waals surface area (Å²) in [7, 11) is -4.41. The molecule has 0 bridgehead atoms. The van der Waals surface area contributed by atoms with E-state index in [0.717, 1.165) is 16.0 Å². The predicted molar refractivity (Wildman–Crippen MR) is 145 cm³/mol. The van der Waals surface area contributed by atoms with E-state index in [9.17, 15) is 18.0 Å². The third-order valence-electron chi connectivity index (χ3n) is 5.50. The van der Waals surface area contributed by atoms with Crippen molar-refractivity contribution in [2.24, 2.45) is 5.92 Å². The molecule has 2 rings (SSSR count). The van der Waals surface area contributed by atoms with Crippen molar-refractivity contribution in [3.8, 4) is 6.07 Å². The molecule has 1 aliphatic rings. The van der Waals surface area contributed by atoms with Crippen molar-refractivity contribution in [3.63, 3.8) is 0 Å². The summed E-state index contributed by atoms with van der Waals surface area (Å²) < 4.78 is 57.4. The molecule has 0 spiro atoms. The summed E-state index contributed by atoms with van der Waals surface area (Å²) >= 11 is 0. The molecule has 1 aromatic rings. The van der Waals surface area contributed by atoms with Gasteiger partial charge in [-0.2, -0.15) is 13.7 Å². The number of hydrogen-bond donors (Lipinski definition) is 1. The third kappa shape index (κ3) is 9.58. The minimum Gasteiger partial charge on any atom is -0.374 e. The zero-order valence-electron chi connectivity index (χ0n) is 23.3. The highest BCUT2D eigenvalue weighted by atomic mass is 32.2. The highest BCUT2D eigenvalue weighted by Gasteiger charge is 2.49. The number of hydrogen-bond acceptors (Lipinski definition) is 11. The fourth-order valence-electron chi connectivity index (χ4n) is 3.88. The van der Waals surface area contributed by atoms with Crippen LogP contribution in [-0.4, -0.2) is 73.4 Å². The van der Waals surface area contributed by atoms with Crippen LogP contribution in [0.4, 0.5) is 0 Å². The van der Waals surface area contributed by atoms with Gasteiger partial charge in [0, 0.05) is 31.5 Å². The lowest BCUT2D eigenvalue weighted by atomic mass is 10.1. The Morgan fingerprint density at radius 2 is 1.87 bits per heavy atom. The molecule has 2 heterocycles. The maximum absolute atomic E-state index is 12.6. The maximum Gasteiger partial charge on any atom is 0.330 e. The molecule has 1 N–H and O–H groups in total. The molecule has 1 fully saturated rings. The maximum atomic E-state index is 12.6. The number of methoxy groups -OCH3 is 1. The van der Waals surface area contributed by atoms with Crippen molar-refractivity contribution < 1.29 is 31.1 Å². The highest BCUT2D eigenvalue weighted by Crippen LogP contribution is 2.50. The second-order valence-corrected chi connectivity index (χ2v) is 12.7. The van der Waals surface area contributed by atoms with Crippen LogP contribution in [0.5, 0.6) is 0 Å². The molecule has 3 unspecified atom stereocenters. The van der Waals surface area contributed by atoms with Crippen LogP contribution >= 0.6 is 8.53 Å². The quantitative estimate of drug-likeness (QED) is 0.182. The Bertz CT molecular complexity index is 1200. The van der Waals surface area contributed by atoms with E-state index in [4.69, 9.17) is 28.0 Å². The molecule has 0 aromatic carbocycles. The number of nitrogens with zero attached hydrogens (tertiary/aromatic N) is 3. The van der Waals surface area contributed by atoms with Crippen molar-refractivity contribution in [3.05, 3.63) is 44.6 Å². The molecule has 39 heavy (non-hydrogen) atoms. The smallest absolute Gasteiger partial charge is 0.330 e. The third-order valence-corrected chi connectivity index (χ3v) is 8.58. The molecule has 15 heteroatoms. The van der Waals surface area contributed by atoms with Gasteiger partial charge < -0.3 is 18.5 Å². The lowest BCUT2D eigenvalue weighted by molar-refractivity contribution is -0.0482. The topological polar surface area (TPSA) is 162 Å². The summed E-state index contributed by atoms with van der Waals surface area (Å²) in [6.45, 7) is 11.7. The molecule has 0 saturated carbocycles. The van der Waals surface area contributed by atoms with Crippen LogP contribution in [-0.2, 0) is 32.8 Å². The summed E-state index contributed by atoms with van der Waals surface area (Å²) in [6.07, 6.45) is -1.24. The Morgan fingerprint density at radius 3 is 2.41 bits per heavy atom. The number of aromatic nitrogens is 2. The Hall–Kier alpha value is -1.95. The normalized spacial score (nSPS) is 22.9. The van der Waals surface area contributed by atoms with Crippen LogP contribution in [0, 0.1) is 17.2 Å². The highest BCUT2D eigenvalue weighted by molar-refractivity contribution is 7.89. The van der Waals surface area contributed by atoms with Crippen LogP contribution in [0.25, 0.3) is 0 Å². The van der Waals surface area contributed by atoms with E-state index in [1.165, 1.54) is 19.4 Å². The van der Waals surface area contributed by atoms with Crippen molar-refractivity contribution in [1.82, 2.24) is 14.2 Å². The van der Waals surface area contributed by atoms with Crippen LogP contribution < -0.4 is 11.2 Å². The van der Waals surface area contributed by atoms with E-state index in [0.29, 0.717) is 0 Å². The molecule has 0 amide bonds. The SMILES string of the molecule is COC1C(OP(OCCC#N)N(C(C)C)C(C)C)[C@@H](/C=C/S(=O)(=O)OCC(C)C)O[C@H]1n1ccc(=O)[nH]c1=O. The lowest BCUT2D eigenvalue weighted by Crippen LogP contribution is -2.41. The van der Waals surface area contributed by atoms with Gasteiger partial charge in [0.05, 0.1) is 31.1 Å². The van der Waals surface area contributed by atoms with Gasteiger partial charge in [-0.15, -0.1) is 0 Å². The number of H-pyrrole nitrogens is 1. The van der Waals surface area contributed by atoms with Crippen molar-refractivity contribution in [1.29, 1.82) is 5.26 Å². The Balaban J connectivity index is 2.52. The predicted octanol–water partition coefficient (Wildman–Crippen LogP) is 2.63. The monoisotopic (exact) mass is 590 g/mol. The molecular weight excluding hydrogens is 551 g/mol. The average Bonchev–Trinajstić information content (AvgIpc) is 3.18. The molecule has 0 radical (unpaired) electrons. The number of aromatic amines is 1. The van der Waals surface area contributed by atoms with E-state index >= 15 is 0 Å². The van der Waals surface area contributed by atoms with Crippen molar-refractivity contribution >= 4 is 18.6 Å². The van der Waals surface area contributed by atoms with Gasteiger partial charge in [-0.3, -0.25) is 18.5 Å². The second-order valence-electron chi connectivity index (χ2n) is 9.83. The van der Waals surface area contributed by atoms with E-state index < -0.39 is 54.4 Å². The molecule has 0 aliphatic carbocycles. The van der Waals surface area contributed by atoms with Gasteiger partial charge in [-0.05, 0) is 39.7 Å². The largest absolute Gasteiger partial charge is 0.374 e. The molecule has 220 valence electrons. The summed E-state index contributed by atoms with van der Waals surface area (Å²) in [5.41, 5.74) is -1.32. The zero-order valence-corrected chi connectivity index (χ0v) is 25.1. The van der Waals surface area contributed by atoms with Crippen LogP contribution in [0.3, 0.4) is 0 Å². The number of nitriles is 1. The van der Waals surface area contributed by atoms with Gasteiger partial charge >= 0.3 is 5.69 Å². The molecule has 5 atom stereocenters. The Kier molecular flexibility index (Phi) is 12.9. The summed E-state index contributed by atoms with van der Waals surface area (Å²) in [6, 6.07) is 3.20. The van der Waals surface area contributed by atoms with Crippen molar-refractivity contribution in [2.75, 3.05) is 20.3 Å². The average molecular weight is 591 g/mol. The Morgan fingerprint density at radius 1 is 1.21 bits per heavy atom. The van der Waals surface area contributed by atoms with E-state index in [2.05, 4.69) is 4.98 Å². The van der Waals surface area contributed by atoms with Crippen LogP contribution in [0.15, 0.2) is 33.3 Å². The number of nitrogens with one attached hydrogen (secondary N) is 1. The molecule has 1 aliphatic heterocycles. The van der Waals surface area contributed by atoms with Crippen LogP contribution in [0.1, 0.15) is 54.2 Å². The van der Waals surface area contributed by atoms with Gasteiger partial charge in [0.15, 0.2) is 6.23 Å². The van der Waals surface area contributed by atoms with Crippen molar-refractivity contribution in [2.45, 2.75) is 84.6 Å². The molecule has 13 nitrogen and oxygen atoms in total. The minimum absolute atomic E-state index is 0.00192. The van der Waals surface area contributed by atoms with E-state index in [1.807, 2.05) is 52.3 Å². The molecule has 1 saturated heterocycles. The van der Waals surface area contributed by atoms with Gasteiger partial charge in [-0.25, -0.2) is 9.46 Å². The number of ether oxygens (including phenoxy) is 2.